The lowest BCUT2D eigenvalue weighted by molar-refractivity contribution is -0.125. The number of halogens is 1. The number of carbonyl (C=O) groups is 2. The number of nitrogens with one attached hydrogen (secondary N) is 2. The number of amides is 2. The summed E-state index contributed by atoms with van der Waals surface area (Å²) in [6.45, 7) is 1.51. The molecule has 0 saturated heterocycles. The van der Waals surface area contributed by atoms with Crippen molar-refractivity contribution in [1.29, 1.82) is 0 Å². The van der Waals surface area contributed by atoms with Gasteiger partial charge in [0, 0.05) is 12.0 Å². The second kappa shape index (κ2) is 9.09. The fraction of sp³-hybridized carbons (Fsp3) is 0.556. The highest BCUT2D eigenvalue weighted by molar-refractivity contribution is 5.85. The zero-order valence-electron chi connectivity index (χ0n) is 14.7. The van der Waals surface area contributed by atoms with E-state index in [2.05, 4.69) is 16.7 Å². The van der Waals surface area contributed by atoms with E-state index in [1.807, 2.05) is 12.1 Å². The van der Waals surface area contributed by atoms with Gasteiger partial charge in [0.2, 0.25) is 11.8 Å². The molecule has 0 aromatic heterocycles. The molecule has 1 aromatic rings. The van der Waals surface area contributed by atoms with E-state index in [0.29, 0.717) is 19.8 Å². The molecule has 1 aliphatic heterocycles. The van der Waals surface area contributed by atoms with Crippen molar-refractivity contribution < 1.29 is 19.1 Å². The third-order valence-corrected chi connectivity index (χ3v) is 4.97. The molecule has 0 atom stereocenters. The zero-order chi connectivity index (χ0) is 17.7. The molecule has 26 heavy (non-hydrogen) atoms. The van der Waals surface area contributed by atoms with Gasteiger partial charge in [0.15, 0.2) is 11.5 Å². The molecule has 4 N–H and O–H groups in total. The maximum Gasteiger partial charge on any atom is 0.239 e. The average Bonchev–Trinajstić information content (AvgIpc) is 3.14. The molecule has 2 amide bonds. The first-order chi connectivity index (χ1) is 12.1. The first-order valence-corrected chi connectivity index (χ1v) is 8.77. The van der Waals surface area contributed by atoms with Crippen LogP contribution in [0.25, 0.3) is 0 Å². The number of fused-ring (bicyclic) bond motifs is 1. The number of carbonyl (C=O) groups excluding carboxylic acids is 2. The Labute approximate surface area is 159 Å². The van der Waals surface area contributed by atoms with Gasteiger partial charge in [0.25, 0.3) is 0 Å². The minimum atomic E-state index is -0.336. The standard InChI is InChI=1S/C18H25N3O4.ClH/c19-10-16(22)20-11-17(23)21-12-18(5-1-2-6-18)13-3-4-14-15(9-13)25-8-7-24-14;/h3-4,9H,1-2,5-8,10-12,19H2,(H,20,22)(H,21,23);1H. The maximum atomic E-state index is 12.0. The average molecular weight is 384 g/mol. The molecule has 7 nitrogen and oxygen atoms in total. The molecule has 2 aliphatic rings. The molecular formula is C18H26ClN3O4. The van der Waals surface area contributed by atoms with Gasteiger partial charge < -0.3 is 25.8 Å². The highest BCUT2D eigenvalue weighted by Crippen LogP contribution is 2.43. The zero-order valence-corrected chi connectivity index (χ0v) is 15.5. The largest absolute Gasteiger partial charge is 0.486 e. The normalized spacial score (nSPS) is 17.1. The predicted molar refractivity (Wildman–Crippen MR) is 99.9 cm³/mol. The van der Waals surface area contributed by atoms with Crippen LogP contribution >= 0.6 is 12.4 Å². The molecule has 0 spiro atoms. The number of rotatable bonds is 6. The highest BCUT2D eigenvalue weighted by Gasteiger charge is 2.36. The van der Waals surface area contributed by atoms with E-state index in [1.165, 1.54) is 5.56 Å². The minimum absolute atomic E-state index is 0. The molecule has 1 fully saturated rings. The van der Waals surface area contributed by atoms with Gasteiger partial charge >= 0.3 is 0 Å². The van der Waals surface area contributed by atoms with Crippen LogP contribution in [0.4, 0.5) is 0 Å². The van der Waals surface area contributed by atoms with E-state index in [0.717, 1.165) is 37.2 Å². The Kier molecular flexibility index (Phi) is 7.11. The highest BCUT2D eigenvalue weighted by atomic mass is 35.5. The predicted octanol–water partition coefficient (Wildman–Crippen LogP) is 0.882. The molecular weight excluding hydrogens is 358 g/mol. The molecule has 1 aromatic carbocycles. The third-order valence-electron chi connectivity index (χ3n) is 4.97. The molecule has 0 unspecified atom stereocenters. The molecule has 144 valence electrons. The summed E-state index contributed by atoms with van der Waals surface area (Å²) in [5.41, 5.74) is 6.29. The first-order valence-electron chi connectivity index (χ1n) is 8.77. The Balaban J connectivity index is 0.00000243. The second-order valence-corrected chi connectivity index (χ2v) is 6.60. The van der Waals surface area contributed by atoms with Crippen LogP contribution in [0.15, 0.2) is 18.2 Å². The fourth-order valence-electron chi connectivity index (χ4n) is 3.57. The van der Waals surface area contributed by atoms with Crippen molar-refractivity contribution in [3.63, 3.8) is 0 Å². The lowest BCUT2D eigenvalue weighted by Crippen LogP contribution is -2.44. The van der Waals surface area contributed by atoms with Crippen molar-refractivity contribution in [2.24, 2.45) is 5.73 Å². The summed E-state index contributed by atoms with van der Waals surface area (Å²) in [6.07, 6.45) is 4.30. The van der Waals surface area contributed by atoms with Crippen molar-refractivity contribution in [2.45, 2.75) is 31.1 Å². The van der Waals surface area contributed by atoms with Crippen molar-refractivity contribution >= 4 is 24.2 Å². The summed E-state index contributed by atoms with van der Waals surface area (Å²) >= 11 is 0. The maximum absolute atomic E-state index is 12.0. The van der Waals surface area contributed by atoms with Gasteiger partial charge in [-0.2, -0.15) is 0 Å². The lowest BCUT2D eigenvalue weighted by atomic mass is 9.78. The van der Waals surface area contributed by atoms with Gasteiger partial charge in [-0.05, 0) is 30.5 Å². The summed E-state index contributed by atoms with van der Waals surface area (Å²) in [7, 11) is 0. The summed E-state index contributed by atoms with van der Waals surface area (Å²) in [4.78, 5) is 23.2. The topological polar surface area (TPSA) is 103 Å². The van der Waals surface area contributed by atoms with Crippen LogP contribution in [0, 0.1) is 0 Å². The van der Waals surface area contributed by atoms with Crippen molar-refractivity contribution in [1.82, 2.24) is 10.6 Å². The van der Waals surface area contributed by atoms with Gasteiger partial charge in [-0.3, -0.25) is 9.59 Å². The SMILES string of the molecule is Cl.NCC(=O)NCC(=O)NCC1(c2ccc3c(c2)OCCO3)CCCC1. The van der Waals surface area contributed by atoms with Gasteiger partial charge in [-0.15, -0.1) is 12.4 Å². The Morgan fingerprint density at radius 2 is 1.73 bits per heavy atom. The third kappa shape index (κ3) is 4.59. The number of hydrogen-bond acceptors (Lipinski definition) is 5. The van der Waals surface area contributed by atoms with E-state index in [4.69, 9.17) is 15.2 Å². The van der Waals surface area contributed by atoms with E-state index in [9.17, 15) is 9.59 Å². The summed E-state index contributed by atoms with van der Waals surface area (Å²) in [5, 5.41) is 5.45. The van der Waals surface area contributed by atoms with Gasteiger partial charge in [-0.25, -0.2) is 0 Å². The summed E-state index contributed by atoms with van der Waals surface area (Å²) in [5.74, 6) is 1.01. The Hall–Kier alpha value is -1.99. The van der Waals surface area contributed by atoms with Crippen molar-refractivity contribution in [2.75, 3.05) is 32.8 Å². The van der Waals surface area contributed by atoms with E-state index in [-0.39, 0.29) is 42.7 Å². The number of benzene rings is 1. The second-order valence-electron chi connectivity index (χ2n) is 6.60. The van der Waals surface area contributed by atoms with Crippen LogP contribution in [0.5, 0.6) is 11.5 Å². The Morgan fingerprint density at radius 3 is 2.42 bits per heavy atom. The lowest BCUT2D eigenvalue weighted by Gasteiger charge is -2.31. The molecule has 0 bridgehead atoms. The molecule has 1 aliphatic carbocycles. The number of hydrogen-bond donors (Lipinski definition) is 3. The smallest absolute Gasteiger partial charge is 0.239 e. The van der Waals surface area contributed by atoms with Crippen molar-refractivity contribution in [3.8, 4) is 11.5 Å². The first kappa shape index (κ1) is 20.3. The molecule has 1 saturated carbocycles. The van der Waals surface area contributed by atoms with Crippen LogP contribution in [0.3, 0.4) is 0 Å². The van der Waals surface area contributed by atoms with Crippen molar-refractivity contribution in [3.05, 3.63) is 23.8 Å². The van der Waals surface area contributed by atoms with Crippen LogP contribution < -0.4 is 25.8 Å². The monoisotopic (exact) mass is 383 g/mol. The number of nitrogens with two attached hydrogens (primary N) is 1. The Bertz CT molecular complexity index is 647. The summed E-state index contributed by atoms with van der Waals surface area (Å²) in [6, 6.07) is 6.07. The molecule has 8 heteroatoms. The van der Waals surface area contributed by atoms with Crippen LogP contribution in [0.1, 0.15) is 31.2 Å². The van der Waals surface area contributed by atoms with E-state index in [1.54, 1.807) is 0 Å². The van der Waals surface area contributed by atoms with Crippen LogP contribution in [-0.4, -0.2) is 44.7 Å². The summed E-state index contributed by atoms with van der Waals surface area (Å²) < 4.78 is 11.3. The van der Waals surface area contributed by atoms with E-state index >= 15 is 0 Å². The van der Waals surface area contributed by atoms with Gasteiger partial charge in [-0.1, -0.05) is 18.9 Å². The molecule has 0 radical (unpaired) electrons. The quantitative estimate of drug-likeness (QED) is 0.676. The van der Waals surface area contributed by atoms with Gasteiger partial charge in [0.05, 0.1) is 13.1 Å². The van der Waals surface area contributed by atoms with E-state index < -0.39 is 0 Å². The fourth-order valence-corrected chi connectivity index (χ4v) is 3.57. The molecule has 1 heterocycles. The Morgan fingerprint density at radius 1 is 1.04 bits per heavy atom. The van der Waals surface area contributed by atoms with Crippen LogP contribution in [0.2, 0.25) is 0 Å². The van der Waals surface area contributed by atoms with Crippen LogP contribution in [-0.2, 0) is 15.0 Å². The van der Waals surface area contributed by atoms with Gasteiger partial charge in [0.1, 0.15) is 13.2 Å². The minimum Gasteiger partial charge on any atom is -0.486 e. The molecule has 3 rings (SSSR count). The number of ether oxygens (including phenoxy) is 2.